The molecule has 1 atom stereocenters. The third-order valence-electron chi connectivity index (χ3n) is 6.03. The molecule has 2 aromatic rings. The number of ether oxygens (including phenoxy) is 2. The van der Waals surface area contributed by atoms with E-state index in [4.69, 9.17) is 9.47 Å². The highest BCUT2D eigenvalue weighted by molar-refractivity contribution is 7.89. The van der Waals surface area contributed by atoms with E-state index in [0.29, 0.717) is 43.7 Å². The number of benzene rings is 2. The lowest BCUT2D eigenvalue weighted by Gasteiger charge is -2.33. The Labute approximate surface area is 189 Å². The fourth-order valence-corrected chi connectivity index (χ4v) is 5.45. The zero-order valence-electron chi connectivity index (χ0n) is 18.3. The van der Waals surface area contributed by atoms with Gasteiger partial charge in [0.1, 0.15) is 0 Å². The van der Waals surface area contributed by atoms with Gasteiger partial charge < -0.3 is 14.4 Å². The summed E-state index contributed by atoms with van der Waals surface area (Å²) in [6.45, 7) is 3.89. The van der Waals surface area contributed by atoms with Crippen LogP contribution in [0.3, 0.4) is 0 Å². The monoisotopic (exact) mass is 458 g/mol. The number of rotatable bonds is 6. The van der Waals surface area contributed by atoms with Crippen molar-refractivity contribution in [1.29, 1.82) is 0 Å². The lowest BCUT2D eigenvalue weighted by molar-refractivity contribution is -0.133. The van der Waals surface area contributed by atoms with Crippen LogP contribution in [0.15, 0.2) is 53.4 Å². The van der Waals surface area contributed by atoms with Gasteiger partial charge in [-0.05, 0) is 49.8 Å². The van der Waals surface area contributed by atoms with Crippen LogP contribution in [-0.2, 0) is 21.2 Å². The summed E-state index contributed by atoms with van der Waals surface area (Å²) in [5.41, 5.74) is 1.31. The molecule has 1 fully saturated rings. The third kappa shape index (κ3) is 5.42. The number of nitrogens with one attached hydrogen (secondary N) is 1. The maximum Gasteiger partial charge on any atom is 0.241 e. The van der Waals surface area contributed by atoms with Crippen LogP contribution >= 0.6 is 0 Å². The summed E-state index contributed by atoms with van der Waals surface area (Å²) >= 11 is 0. The molecule has 2 heterocycles. The summed E-state index contributed by atoms with van der Waals surface area (Å²) in [6, 6.07) is 14.1. The van der Waals surface area contributed by atoms with Gasteiger partial charge in [-0.25, -0.2) is 8.42 Å². The average molecular weight is 459 g/mol. The van der Waals surface area contributed by atoms with Crippen molar-refractivity contribution in [3.8, 4) is 11.5 Å². The van der Waals surface area contributed by atoms with Gasteiger partial charge in [-0.15, -0.1) is 0 Å². The Kier molecular flexibility index (Phi) is 7.01. The van der Waals surface area contributed by atoms with Crippen molar-refractivity contribution in [3.05, 3.63) is 54.1 Å². The molecule has 1 N–H and O–H groups in total. The fourth-order valence-electron chi connectivity index (χ4n) is 4.24. The molecule has 4 rings (SSSR count). The molecule has 8 heteroatoms. The molecule has 0 aromatic heterocycles. The van der Waals surface area contributed by atoms with Gasteiger partial charge in [-0.1, -0.05) is 30.3 Å². The molecule has 172 valence electrons. The first-order chi connectivity index (χ1) is 15.4. The number of hydrogen-bond donors (Lipinski definition) is 1. The van der Waals surface area contributed by atoms with Crippen LogP contribution in [0, 0.1) is 5.92 Å². The van der Waals surface area contributed by atoms with Crippen LogP contribution in [0.25, 0.3) is 0 Å². The normalized spacial score (nSPS) is 18.1. The predicted octanol–water partition coefficient (Wildman–Crippen LogP) is 3.00. The van der Waals surface area contributed by atoms with Crippen LogP contribution in [0.5, 0.6) is 11.5 Å². The maximum absolute atomic E-state index is 12.9. The Hall–Kier alpha value is -2.58. The lowest BCUT2D eigenvalue weighted by atomic mass is 9.90. The van der Waals surface area contributed by atoms with Crippen molar-refractivity contribution in [3.63, 3.8) is 0 Å². The van der Waals surface area contributed by atoms with E-state index in [2.05, 4.69) is 16.9 Å². The zero-order valence-corrected chi connectivity index (χ0v) is 19.1. The van der Waals surface area contributed by atoms with Gasteiger partial charge in [0, 0.05) is 25.6 Å². The first-order valence-electron chi connectivity index (χ1n) is 11.2. The Balaban J connectivity index is 1.34. The Morgan fingerprint density at radius 3 is 2.47 bits per heavy atom. The molecule has 7 nitrogen and oxygen atoms in total. The second kappa shape index (κ2) is 9.92. The number of carbonyl (C=O) groups is 1. The standard InChI is InChI=1S/C24H30N2O5S/c1-18(24(27)26-12-10-20(11-13-26)16-19-6-3-2-4-7-19)25-32(28,29)21-8-9-22-23(17-21)31-15-5-14-30-22/h2-4,6-9,17-18,20,25H,5,10-16H2,1H3/t18-/m0/s1. The number of piperidine rings is 1. The van der Waals surface area contributed by atoms with E-state index in [1.165, 1.54) is 17.7 Å². The minimum Gasteiger partial charge on any atom is -0.490 e. The van der Waals surface area contributed by atoms with Crippen LogP contribution in [-0.4, -0.2) is 51.6 Å². The Bertz CT molecular complexity index is 1030. The molecule has 1 saturated heterocycles. The van der Waals surface area contributed by atoms with Crippen molar-refractivity contribution >= 4 is 15.9 Å². The largest absolute Gasteiger partial charge is 0.490 e. The second-order valence-electron chi connectivity index (χ2n) is 8.46. The molecule has 0 bridgehead atoms. The first-order valence-corrected chi connectivity index (χ1v) is 12.7. The number of fused-ring (bicyclic) bond motifs is 1. The molecule has 2 aromatic carbocycles. The number of carbonyl (C=O) groups excluding carboxylic acids is 1. The number of amides is 1. The molecule has 0 spiro atoms. The van der Waals surface area contributed by atoms with Crippen molar-refractivity contribution in [2.45, 2.75) is 43.5 Å². The summed E-state index contributed by atoms with van der Waals surface area (Å²) in [4.78, 5) is 14.7. The van der Waals surface area contributed by atoms with Gasteiger partial charge in [-0.3, -0.25) is 4.79 Å². The molecule has 2 aliphatic rings. The van der Waals surface area contributed by atoms with E-state index in [-0.39, 0.29) is 10.8 Å². The summed E-state index contributed by atoms with van der Waals surface area (Å²) in [5, 5.41) is 0. The average Bonchev–Trinajstić information content (AvgIpc) is 3.04. The smallest absolute Gasteiger partial charge is 0.241 e. The highest BCUT2D eigenvalue weighted by atomic mass is 32.2. The van der Waals surface area contributed by atoms with Crippen LogP contribution in [0.1, 0.15) is 31.7 Å². The van der Waals surface area contributed by atoms with E-state index < -0.39 is 16.1 Å². The zero-order chi connectivity index (χ0) is 22.6. The maximum atomic E-state index is 12.9. The van der Waals surface area contributed by atoms with E-state index in [1.807, 2.05) is 18.2 Å². The fraction of sp³-hybridized carbons (Fsp3) is 0.458. The van der Waals surface area contributed by atoms with Crippen molar-refractivity contribution in [1.82, 2.24) is 9.62 Å². The quantitative estimate of drug-likeness (QED) is 0.719. The van der Waals surface area contributed by atoms with Crippen LogP contribution in [0.4, 0.5) is 0 Å². The van der Waals surface area contributed by atoms with Gasteiger partial charge >= 0.3 is 0 Å². The van der Waals surface area contributed by atoms with Crippen molar-refractivity contribution in [2.75, 3.05) is 26.3 Å². The minimum atomic E-state index is -3.87. The lowest BCUT2D eigenvalue weighted by Crippen LogP contribution is -2.49. The molecular formula is C24H30N2O5S. The third-order valence-corrected chi connectivity index (χ3v) is 7.56. The topological polar surface area (TPSA) is 84.9 Å². The summed E-state index contributed by atoms with van der Waals surface area (Å²) in [7, 11) is -3.87. The summed E-state index contributed by atoms with van der Waals surface area (Å²) in [5.74, 6) is 1.28. The molecule has 0 aliphatic carbocycles. The van der Waals surface area contributed by atoms with Crippen molar-refractivity contribution in [2.24, 2.45) is 5.92 Å². The first kappa shape index (κ1) is 22.6. The summed E-state index contributed by atoms with van der Waals surface area (Å²) in [6.07, 6.45) is 3.59. The summed E-state index contributed by atoms with van der Waals surface area (Å²) < 4.78 is 39.4. The number of hydrogen-bond acceptors (Lipinski definition) is 5. The molecule has 0 saturated carbocycles. The highest BCUT2D eigenvalue weighted by Gasteiger charge is 2.29. The number of nitrogens with zero attached hydrogens (tertiary/aromatic N) is 1. The Morgan fingerprint density at radius 2 is 1.75 bits per heavy atom. The van der Waals surface area contributed by atoms with Gasteiger partial charge in [0.05, 0.1) is 24.2 Å². The van der Waals surface area contributed by atoms with Crippen LogP contribution in [0.2, 0.25) is 0 Å². The molecule has 0 unspecified atom stereocenters. The molecular weight excluding hydrogens is 428 g/mol. The predicted molar refractivity (Wildman–Crippen MR) is 121 cm³/mol. The Morgan fingerprint density at radius 1 is 1.06 bits per heavy atom. The van der Waals surface area contributed by atoms with E-state index in [0.717, 1.165) is 25.7 Å². The number of sulfonamides is 1. The van der Waals surface area contributed by atoms with Gasteiger partial charge in [-0.2, -0.15) is 4.72 Å². The van der Waals surface area contributed by atoms with E-state index >= 15 is 0 Å². The van der Waals surface area contributed by atoms with Gasteiger partial charge in [0.2, 0.25) is 15.9 Å². The number of likely N-dealkylation sites (tertiary alicyclic amines) is 1. The molecule has 0 radical (unpaired) electrons. The highest BCUT2D eigenvalue weighted by Crippen LogP contribution is 2.32. The molecule has 1 amide bonds. The van der Waals surface area contributed by atoms with Gasteiger partial charge in [0.25, 0.3) is 0 Å². The van der Waals surface area contributed by atoms with Crippen LogP contribution < -0.4 is 14.2 Å². The minimum absolute atomic E-state index is 0.0583. The molecule has 32 heavy (non-hydrogen) atoms. The molecule has 2 aliphatic heterocycles. The second-order valence-corrected chi connectivity index (χ2v) is 10.2. The van der Waals surface area contributed by atoms with Gasteiger partial charge in [0.15, 0.2) is 11.5 Å². The van der Waals surface area contributed by atoms with E-state index in [1.54, 1.807) is 17.9 Å². The SMILES string of the molecule is C[C@H](NS(=O)(=O)c1ccc2c(c1)OCCCO2)C(=O)N1CCC(Cc2ccccc2)CC1. The van der Waals surface area contributed by atoms with Crippen molar-refractivity contribution < 1.29 is 22.7 Å². The van der Waals surface area contributed by atoms with E-state index in [9.17, 15) is 13.2 Å².